The van der Waals surface area contributed by atoms with Crippen LogP contribution in [-0.2, 0) is 0 Å². The summed E-state index contributed by atoms with van der Waals surface area (Å²) in [6.07, 6.45) is 8.02. The minimum atomic E-state index is 0.876. The molecular formula is C26H20N6S. The number of anilines is 1. The number of nitrogens with zero attached hydrogens (tertiary/aromatic N) is 4. The summed E-state index contributed by atoms with van der Waals surface area (Å²) in [7, 11) is 0. The van der Waals surface area contributed by atoms with E-state index in [0.717, 1.165) is 43.9 Å². The highest BCUT2D eigenvalue weighted by Gasteiger charge is 2.14. The smallest absolute Gasteiger partial charge is 0.171 e. The Morgan fingerprint density at radius 2 is 1.67 bits per heavy atom. The van der Waals surface area contributed by atoms with E-state index in [1.807, 2.05) is 94.9 Å². The van der Waals surface area contributed by atoms with E-state index in [4.69, 9.17) is 5.10 Å². The number of H-pyrrole nitrogens is 1. The molecule has 3 heterocycles. The first-order valence-corrected chi connectivity index (χ1v) is 11.4. The molecule has 0 aliphatic carbocycles. The normalized spacial score (nSPS) is 13.2. The standard InChI is InChI=1S/C26H20N6S/c1-2-8-19(9-3-1)32-17-15-25(30-32)24-14-7-16-31(29-24)20-10-6-11-21(18-20)33-26-27-22-12-4-5-13-23(22)28-26/h1-18,29H,(H,27,28). The van der Waals surface area contributed by atoms with Gasteiger partial charge in [-0.3, -0.25) is 10.4 Å². The van der Waals surface area contributed by atoms with Gasteiger partial charge in [-0.15, -0.1) is 0 Å². The topological polar surface area (TPSA) is 61.8 Å². The number of benzene rings is 3. The molecule has 0 bridgehead atoms. The van der Waals surface area contributed by atoms with Crippen LogP contribution in [0.4, 0.5) is 5.69 Å². The number of hydrogen-bond acceptors (Lipinski definition) is 5. The lowest BCUT2D eigenvalue weighted by Crippen LogP contribution is -2.33. The molecule has 0 fully saturated rings. The zero-order valence-corrected chi connectivity index (χ0v) is 18.4. The van der Waals surface area contributed by atoms with Gasteiger partial charge in [0.2, 0.25) is 0 Å². The van der Waals surface area contributed by atoms with Crippen LogP contribution in [0.25, 0.3) is 22.4 Å². The zero-order valence-electron chi connectivity index (χ0n) is 17.6. The average Bonchev–Trinajstić information content (AvgIpc) is 3.52. The van der Waals surface area contributed by atoms with Gasteiger partial charge in [0.25, 0.3) is 0 Å². The van der Waals surface area contributed by atoms with Gasteiger partial charge in [0.05, 0.1) is 28.1 Å². The maximum atomic E-state index is 4.74. The third-order valence-electron chi connectivity index (χ3n) is 5.30. The molecule has 7 heteroatoms. The van der Waals surface area contributed by atoms with Crippen LogP contribution in [0, 0.1) is 0 Å². The summed E-state index contributed by atoms with van der Waals surface area (Å²) in [4.78, 5) is 9.15. The van der Waals surface area contributed by atoms with Crippen LogP contribution >= 0.6 is 11.8 Å². The molecule has 33 heavy (non-hydrogen) atoms. The Balaban J connectivity index is 1.20. The van der Waals surface area contributed by atoms with Crippen molar-refractivity contribution in [2.24, 2.45) is 0 Å². The second-order valence-electron chi connectivity index (χ2n) is 7.54. The lowest BCUT2D eigenvalue weighted by Gasteiger charge is -2.26. The van der Waals surface area contributed by atoms with Crippen molar-refractivity contribution in [1.29, 1.82) is 0 Å². The van der Waals surface area contributed by atoms with Gasteiger partial charge in [-0.2, -0.15) is 5.10 Å². The van der Waals surface area contributed by atoms with Gasteiger partial charge in [-0.05, 0) is 60.7 Å². The van der Waals surface area contributed by atoms with Gasteiger partial charge in [0, 0.05) is 17.3 Å². The summed E-state index contributed by atoms with van der Waals surface area (Å²) in [5.74, 6) is 0. The third kappa shape index (κ3) is 4.02. The minimum absolute atomic E-state index is 0.876. The quantitative estimate of drug-likeness (QED) is 0.357. The summed E-state index contributed by atoms with van der Waals surface area (Å²) in [6, 6.07) is 28.5. The molecule has 0 unspecified atom stereocenters. The molecule has 0 saturated heterocycles. The molecule has 0 spiro atoms. The van der Waals surface area contributed by atoms with Gasteiger partial charge in [-0.1, -0.05) is 48.2 Å². The molecule has 0 atom stereocenters. The third-order valence-corrected chi connectivity index (χ3v) is 6.18. The predicted octanol–water partition coefficient (Wildman–Crippen LogP) is 5.78. The number of para-hydroxylation sites is 3. The van der Waals surface area contributed by atoms with Crippen LogP contribution in [0.15, 0.2) is 120 Å². The van der Waals surface area contributed by atoms with Crippen molar-refractivity contribution in [3.63, 3.8) is 0 Å². The first-order chi connectivity index (χ1) is 16.3. The molecule has 0 amide bonds. The predicted molar refractivity (Wildman–Crippen MR) is 133 cm³/mol. The lowest BCUT2D eigenvalue weighted by atomic mass is 10.2. The van der Waals surface area contributed by atoms with Crippen molar-refractivity contribution in [2.45, 2.75) is 10.1 Å². The van der Waals surface area contributed by atoms with Gasteiger partial charge in [-0.25, -0.2) is 9.67 Å². The SMILES string of the molecule is C1=CN(c2cccc(Sc3nc4ccccc4[nH]3)c2)NC(c2ccn(-c3ccccc3)n2)=C1. The Hall–Kier alpha value is -4.23. The number of hydrogen-bond donors (Lipinski definition) is 2. The Labute approximate surface area is 195 Å². The summed E-state index contributed by atoms with van der Waals surface area (Å²) >= 11 is 1.61. The fourth-order valence-electron chi connectivity index (χ4n) is 3.70. The van der Waals surface area contributed by atoms with E-state index in [2.05, 4.69) is 39.7 Å². The molecule has 5 aromatic rings. The fourth-order valence-corrected chi connectivity index (χ4v) is 4.56. The fraction of sp³-hybridized carbons (Fsp3) is 0. The molecule has 0 saturated carbocycles. The molecule has 1 aliphatic rings. The van der Waals surface area contributed by atoms with E-state index in [1.165, 1.54) is 0 Å². The summed E-state index contributed by atoms with van der Waals surface area (Å²) < 4.78 is 1.88. The van der Waals surface area contributed by atoms with Crippen molar-refractivity contribution < 1.29 is 0 Å². The Morgan fingerprint density at radius 1 is 0.818 bits per heavy atom. The molecule has 1 aliphatic heterocycles. The maximum Gasteiger partial charge on any atom is 0.171 e. The Bertz CT molecular complexity index is 1450. The second-order valence-corrected chi connectivity index (χ2v) is 8.61. The van der Waals surface area contributed by atoms with Crippen LogP contribution in [-0.4, -0.2) is 19.7 Å². The number of allylic oxidation sites excluding steroid dienone is 2. The largest absolute Gasteiger partial charge is 0.333 e. The summed E-state index contributed by atoms with van der Waals surface area (Å²) in [5.41, 5.74) is 9.35. The second kappa shape index (κ2) is 8.37. The number of hydrazine groups is 1. The van der Waals surface area contributed by atoms with E-state index >= 15 is 0 Å². The molecule has 0 radical (unpaired) electrons. The zero-order chi connectivity index (χ0) is 22.0. The monoisotopic (exact) mass is 448 g/mol. The lowest BCUT2D eigenvalue weighted by molar-refractivity contribution is 0.843. The Morgan fingerprint density at radius 3 is 2.58 bits per heavy atom. The van der Waals surface area contributed by atoms with E-state index < -0.39 is 0 Å². The Kier molecular flexibility index (Phi) is 4.93. The summed E-state index contributed by atoms with van der Waals surface area (Å²) in [6.45, 7) is 0. The number of imidazole rings is 1. The van der Waals surface area contributed by atoms with E-state index in [9.17, 15) is 0 Å². The van der Waals surface area contributed by atoms with Crippen molar-refractivity contribution >= 4 is 34.2 Å². The van der Waals surface area contributed by atoms with Crippen molar-refractivity contribution in [3.8, 4) is 5.69 Å². The van der Waals surface area contributed by atoms with Crippen molar-refractivity contribution in [1.82, 2.24) is 25.2 Å². The number of aromatic nitrogens is 4. The van der Waals surface area contributed by atoms with E-state index in [1.54, 1.807) is 11.8 Å². The van der Waals surface area contributed by atoms with Crippen LogP contribution < -0.4 is 10.4 Å². The first kappa shape index (κ1) is 19.5. The number of nitrogens with one attached hydrogen (secondary N) is 2. The van der Waals surface area contributed by atoms with Crippen LogP contribution in [0.5, 0.6) is 0 Å². The first-order valence-electron chi connectivity index (χ1n) is 10.6. The molecule has 2 N–H and O–H groups in total. The van der Waals surface area contributed by atoms with E-state index in [0.29, 0.717) is 0 Å². The van der Waals surface area contributed by atoms with Gasteiger partial charge in [0.15, 0.2) is 5.16 Å². The molecule has 3 aromatic carbocycles. The molecule has 160 valence electrons. The highest BCUT2D eigenvalue weighted by atomic mass is 32.2. The number of fused-ring (bicyclic) bond motifs is 1. The highest BCUT2D eigenvalue weighted by molar-refractivity contribution is 7.99. The minimum Gasteiger partial charge on any atom is -0.333 e. The van der Waals surface area contributed by atoms with Crippen molar-refractivity contribution in [2.75, 3.05) is 5.01 Å². The van der Waals surface area contributed by atoms with Crippen LogP contribution in [0.1, 0.15) is 5.69 Å². The number of aromatic amines is 1. The van der Waals surface area contributed by atoms with Crippen molar-refractivity contribution in [3.05, 3.63) is 115 Å². The van der Waals surface area contributed by atoms with Crippen LogP contribution in [0.2, 0.25) is 0 Å². The van der Waals surface area contributed by atoms with Gasteiger partial charge in [0.1, 0.15) is 5.69 Å². The molecule has 6 rings (SSSR count). The van der Waals surface area contributed by atoms with E-state index in [-0.39, 0.29) is 0 Å². The highest BCUT2D eigenvalue weighted by Crippen LogP contribution is 2.30. The van der Waals surface area contributed by atoms with Crippen LogP contribution in [0.3, 0.4) is 0 Å². The number of rotatable bonds is 5. The summed E-state index contributed by atoms with van der Waals surface area (Å²) in [5, 5.41) is 7.61. The van der Waals surface area contributed by atoms with Gasteiger partial charge >= 0.3 is 0 Å². The van der Waals surface area contributed by atoms with Gasteiger partial charge < -0.3 is 4.98 Å². The molecule has 6 nitrogen and oxygen atoms in total. The maximum absolute atomic E-state index is 4.74. The molecular weight excluding hydrogens is 428 g/mol. The average molecular weight is 449 g/mol. The molecule has 2 aromatic heterocycles.